The number of para-hydroxylation sites is 1. The van der Waals surface area contributed by atoms with Gasteiger partial charge in [0.15, 0.2) is 5.82 Å². The SMILES string of the molecule is COC1(CNc2nc(-c3cccs3)nc3ccccc23)CCOCC1. The van der Waals surface area contributed by atoms with Crippen molar-refractivity contribution < 1.29 is 9.47 Å². The van der Waals surface area contributed by atoms with E-state index < -0.39 is 0 Å². The van der Waals surface area contributed by atoms with E-state index in [9.17, 15) is 0 Å². The second kappa shape index (κ2) is 7.07. The second-order valence-electron chi connectivity index (χ2n) is 6.24. The fraction of sp³-hybridized carbons (Fsp3) is 0.368. The second-order valence-corrected chi connectivity index (χ2v) is 7.19. The van der Waals surface area contributed by atoms with Gasteiger partial charge in [-0.3, -0.25) is 0 Å². The van der Waals surface area contributed by atoms with Crippen molar-refractivity contribution in [3.05, 3.63) is 41.8 Å². The standard InChI is InChI=1S/C19H21N3O2S/c1-23-19(8-10-24-11-9-19)13-20-17-14-5-2-3-6-15(14)21-18(22-17)16-7-4-12-25-16/h2-7,12H,8-11,13H2,1H3,(H,20,21,22). The highest BCUT2D eigenvalue weighted by Crippen LogP contribution is 2.29. The summed E-state index contributed by atoms with van der Waals surface area (Å²) < 4.78 is 11.3. The van der Waals surface area contributed by atoms with Gasteiger partial charge in [0, 0.05) is 45.1 Å². The summed E-state index contributed by atoms with van der Waals surface area (Å²) in [7, 11) is 1.78. The van der Waals surface area contributed by atoms with Crippen LogP contribution in [0.25, 0.3) is 21.6 Å². The van der Waals surface area contributed by atoms with Gasteiger partial charge in [-0.05, 0) is 23.6 Å². The number of anilines is 1. The summed E-state index contributed by atoms with van der Waals surface area (Å²) in [6, 6.07) is 12.2. The first-order chi connectivity index (χ1) is 12.3. The Morgan fingerprint density at radius 3 is 2.76 bits per heavy atom. The first-order valence-corrected chi connectivity index (χ1v) is 9.35. The van der Waals surface area contributed by atoms with Gasteiger partial charge < -0.3 is 14.8 Å². The molecule has 0 bridgehead atoms. The summed E-state index contributed by atoms with van der Waals surface area (Å²) >= 11 is 1.65. The topological polar surface area (TPSA) is 56.3 Å². The summed E-state index contributed by atoms with van der Waals surface area (Å²) in [5.74, 6) is 1.62. The lowest BCUT2D eigenvalue weighted by atomic mass is 9.94. The Hall–Kier alpha value is -2.02. The molecule has 0 atom stereocenters. The van der Waals surface area contributed by atoms with Crippen LogP contribution in [0, 0.1) is 0 Å². The molecule has 3 aromatic rings. The normalized spacial score (nSPS) is 16.8. The van der Waals surface area contributed by atoms with Crippen molar-refractivity contribution in [2.75, 3.05) is 32.2 Å². The number of fused-ring (bicyclic) bond motifs is 1. The molecule has 25 heavy (non-hydrogen) atoms. The average molecular weight is 355 g/mol. The first-order valence-electron chi connectivity index (χ1n) is 8.47. The molecule has 0 radical (unpaired) electrons. The molecule has 2 aromatic heterocycles. The summed E-state index contributed by atoms with van der Waals surface area (Å²) in [6.45, 7) is 2.18. The molecular weight excluding hydrogens is 334 g/mol. The molecule has 1 aliphatic heterocycles. The molecule has 3 heterocycles. The maximum atomic E-state index is 5.83. The summed E-state index contributed by atoms with van der Waals surface area (Å²) in [6.07, 6.45) is 1.77. The first kappa shape index (κ1) is 16.4. The van der Waals surface area contributed by atoms with Gasteiger partial charge in [-0.1, -0.05) is 18.2 Å². The molecule has 130 valence electrons. The zero-order valence-electron chi connectivity index (χ0n) is 14.2. The number of hydrogen-bond acceptors (Lipinski definition) is 6. The van der Waals surface area contributed by atoms with E-state index in [4.69, 9.17) is 19.4 Å². The zero-order valence-corrected chi connectivity index (χ0v) is 15.0. The molecule has 1 aromatic carbocycles. The number of thiophene rings is 1. The minimum Gasteiger partial charge on any atom is -0.381 e. The molecule has 0 amide bonds. The Bertz CT molecular complexity index is 845. The third-order valence-electron chi connectivity index (χ3n) is 4.76. The Morgan fingerprint density at radius 1 is 1.16 bits per heavy atom. The summed E-state index contributed by atoms with van der Waals surface area (Å²) in [4.78, 5) is 10.6. The average Bonchev–Trinajstić information content (AvgIpc) is 3.21. The number of rotatable bonds is 5. The van der Waals surface area contributed by atoms with E-state index in [1.807, 2.05) is 35.7 Å². The summed E-state index contributed by atoms with van der Waals surface area (Å²) in [5, 5.41) is 6.60. The fourth-order valence-corrected chi connectivity index (χ4v) is 3.83. The zero-order chi connectivity index (χ0) is 17.1. The predicted octanol–water partition coefficient (Wildman–Crippen LogP) is 3.97. The fourth-order valence-electron chi connectivity index (χ4n) is 3.17. The van der Waals surface area contributed by atoms with Crippen molar-refractivity contribution in [1.82, 2.24) is 9.97 Å². The van der Waals surface area contributed by atoms with E-state index >= 15 is 0 Å². The lowest BCUT2D eigenvalue weighted by Gasteiger charge is -2.36. The molecule has 1 saturated heterocycles. The van der Waals surface area contributed by atoms with Gasteiger partial charge in [0.2, 0.25) is 0 Å². The monoisotopic (exact) mass is 355 g/mol. The number of hydrogen-bond donors (Lipinski definition) is 1. The van der Waals surface area contributed by atoms with Crippen LogP contribution in [0.5, 0.6) is 0 Å². The molecule has 0 spiro atoms. The van der Waals surface area contributed by atoms with E-state index in [0.717, 1.165) is 53.5 Å². The van der Waals surface area contributed by atoms with Crippen molar-refractivity contribution in [3.8, 4) is 10.7 Å². The van der Waals surface area contributed by atoms with Crippen molar-refractivity contribution in [3.63, 3.8) is 0 Å². The molecule has 1 fully saturated rings. The van der Waals surface area contributed by atoms with Gasteiger partial charge in [-0.25, -0.2) is 9.97 Å². The van der Waals surface area contributed by atoms with Crippen LogP contribution in [0.3, 0.4) is 0 Å². The van der Waals surface area contributed by atoms with Crippen molar-refractivity contribution in [2.45, 2.75) is 18.4 Å². The Balaban J connectivity index is 1.68. The van der Waals surface area contributed by atoms with E-state index in [1.54, 1.807) is 18.4 Å². The predicted molar refractivity (Wildman–Crippen MR) is 101 cm³/mol. The van der Waals surface area contributed by atoms with Crippen LogP contribution in [0.4, 0.5) is 5.82 Å². The number of aromatic nitrogens is 2. The number of methoxy groups -OCH3 is 1. The van der Waals surface area contributed by atoms with Crippen molar-refractivity contribution in [1.29, 1.82) is 0 Å². The van der Waals surface area contributed by atoms with Crippen LogP contribution < -0.4 is 5.32 Å². The molecule has 0 aliphatic carbocycles. The van der Waals surface area contributed by atoms with Gasteiger partial charge in [0.05, 0.1) is 16.0 Å². The lowest BCUT2D eigenvalue weighted by Crippen LogP contribution is -2.44. The van der Waals surface area contributed by atoms with Gasteiger partial charge in [-0.2, -0.15) is 0 Å². The van der Waals surface area contributed by atoms with Gasteiger partial charge in [0.25, 0.3) is 0 Å². The summed E-state index contributed by atoms with van der Waals surface area (Å²) in [5.41, 5.74) is 0.745. The number of nitrogens with zero attached hydrogens (tertiary/aromatic N) is 2. The van der Waals surface area contributed by atoms with E-state index in [1.165, 1.54) is 0 Å². The highest BCUT2D eigenvalue weighted by molar-refractivity contribution is 7.13. The maximum Gasteiger partial charge on any atom is 0.172 e. The van der Waals surface area contributed by atoms with Crippen molar-refractivity contribution in [2.24, 2.45) is 0 Å². The minimum absolute atomic E-state index is 0.201. The lowest BCUT2D eigenvalue weighted by molar-refractivity contribution is -0.0807. The van der Waals surface area contributed by atoms with E-state index in [-0.39, 0.29) is 5.60 Å². The third kappa shape index (κ3) is 3.38. The molecule has 0 unspecified atom stereocenters. The van der Waals surface area contributed by atoms with Crippen LogP contribution in [0.2, 0.25) is 0 Å². The molecule has 1 aliphatic rings. The Kier molecular flexibility index (Phi) is 4.65. The van der Waals surface area contributed by atoms with Crippen molar-refractivity contribution >= 4 is 28.1 Å². The molecule has 0 saturated carbocycles. The van der Waals surface area contributed by atoms with Crippen LogP contribution in [0.15, 0.2) is 41.8 Å². The van der Waals surface area contributed by atoms with Crippen LogP contribution in [-0.4, -0.2) is 42.4 Å². The smallest absolute Gasteiger partial charge is 0.172 e. The molecule has 1 N–H and O–H groups in total. The molecular formula is C19H21N3O2S. The highest BCUT2D eigenvalue weighted by atomic mass is 32.1. The Morgan fingerprint density at radius 2 is 2.00 bits per heavy atom. The largest absolute Gasteiger partial charge is 0.381 e. The minimum atomic E-state index is -0.201. The molecule has 5 nitrogen and oxygen atoms in total. The van der Waals surface area contributed by atoms with Gasteiger partial charge >= 0.3 is 0 Å². The number of nitrogens with one attached hydrogen (secondary N) is 1. The Labute approximate surface area is 151 Å². The number of ether oxygens (including phenoxy) is 2. The maximum absolute atomic E-state index is 5.83. The van der Waals surface area contributed by atoms with Crippen LogP contribution in [0.1, 0.15) is 12.8 Å². The van der Waals surface area contributed by atoms with Crippen LogP contribution in [-0.2, 0) is 9.47 Å². The quantitative estimate of drug-likeness (QED) is 0.751. The molecule has 6 heteroatoms. The number of benzene rings is 1. The third-order valence-corrected chi connectivity index (χ3v) is 5.63. The van der Waals surface area contributed by atoms with Crippen LogP contribution >= 0.6 is 11.3 Å². The molecule has 4 rings (SSSR count). The van der Waals surface area contributed by atoms with E-state index in [0.29, 0.717) is 6.54 Å². The van der Waals surface area contributed by atoms with Gasteiger partial charge in [0.1, 0.15) is 5.82 Å². The van der Waals surface area contributed by atoms with E-state index in [2.05, 4.69) is 11.4 Å². The van der Waals surface area contributed by atoms with Gasteiger partial charge in [-0.15, -0.1) is 11.3 Å². The highest BCUT2D eigenvalue weighted by Gasteiger charge is 2.32.